The van der Waals surface area contributed by atoms with Crippen molar-refractivity contribution in [1.29, 1.82) is 0 Å². The Hall–Kier alpha value is -3.12. The van der Waals surface area contributed by atoms with Gasteiger partial charge in [0.25, 0.3) is 5.56 Å². The highest BCUT2D eigenvalue weighted by Gasteiger charge is 2.13. The number of likely N-dealkylation sites (tertiary alicyclic amines) is 1. The number of nitrogens with zero attached hydrogens (tertiary/aromatic N) is 1. The van der Waals surface area contributed by atoms with E-state index < -0.39 is 0 Å². The van der Waals surface area contributed by atoms with Gasteiger partial charge in [-0.3, -0.25) is 9.59 Å². The fourth-order valence-electron chi connectivity index (χ4n) is 3.75. The summed E-state index contributed by atoms with van der Waals surface area (Å²) in [5, 5.41) is 14.1. The Morgan fingerprint density at radius 3 is 2.61 bits per heavy atom. The summed E-state index contributed by atoms with van der Waals surface area (Å²) in [5.41, 5.74) is 2.07. The highest BCUT2D eigenvalue weighted by molar-refractivity contribution is 6.00. The number of rotatable bonds is 5. The van der Waals surface area contributed by atoms with Crippen LogP contribution in [0.3, 0.4) is 0 Å². The molecule has 2 heterocycles. The molecule has 1 aliphatic rings. The molecule has 1 fully saturated rings. The quantitative estimate of drug-likeness (QED) is 0.637. The lowest BCUT2D eigenvalue weighted by atomic mass is 10.00. The Morgan fingerprint density at radius 1 is 1.11 bits per heavy atom. The lowest BCUT2D eigenvalue weighted by molar-refractivity contribution is -0.116. The maximum atomic E-state index is 12.2. The molecule has 1 aliphatic heterocycles. The standard InChI is InChI=1S/C22H23N3O3/c26-19-5-3-4-17-21(19)18(14-23-22(17)28)15-6-8-16(9-7-15)24-20(27)10-13-25-11-1-2-12-25/h3-9,14,26H,1-2,10-13H2,(H,23,28)(H,24,27). The fourth-order valence-corrected chi connectivity index (χ4v) is 3.75. The number of hydrogen-bond acceptors (Lipinski definition) is 4. The van der Waals surface area contributed by atoms with E-state index in [4.69, 9.17) is 0 Å². The third-order valence-corrected chi connectivity index (χ3v) is 5.24. The van der Waals surface area contributed by atoms with Crippen molar-refractivity contribution in [3.63, 3.8) is 0 Å². The maximum Gasteiger partial charge on any atom is 0.255 e. The molecule has 1 saturated heterocycles. The monoisotopic (exact) mass is 377 g/mol. The topological polar surface area (TPSA) is 85.4 Å². The second kappa shape index (κ2) is 7.86. The number of aromatic amines is 1. The predicted octanol–water partition coefficient (Wildman–Crippen LogP) is 3.33. The number of carbonyl (C=O) groups is 1. The second-order valence-corrected chi connectivity index (χ2v) is 7.16. The molecule has 3 aromatic rings. The van der Waals surface area contributed by atoms with Gasteiger partial charge in [0.15, 0.2) is 0 Å². The molecule has 144 valence electrons. The summed E-state index contributed by atoms with van der Waals surface area (Å²) in [6.07, 6.45) is 4.53. The third-order valence-electron chi connectivity index (χ3n) is 5.24. The third kappa shape index (κ3) is 3.77. The van der Waals surface area contributed by atoms with Crippen LogP contribution in [-0.4, -0.2) is 40.5 Å². The number of hydrogen-bond donors (Lipinski definition) is 3. The first-order valence-corrected chi connectivity index (χ1v) is 9.58. The van der Waals surface area contributed by atoms with Crippen LogP contribution >= 0.6 is 0 Å². The number of H-pyrrole nitrogens is 1. The van der Waals surface area contributed by atoms with E-state index in [9.17, 15) is 14.7 Å². The molecule has 2 aromatic carbocycles. The number of phenols is 1. The Labute approximate surface area is 162 Å². The summed E-state index contributed by atoms with van der Waals surface area (Å²) in [6, 6.07) is 12.3. The highest BCUT2D eigenvalue weighted by atomic mass is 16.3. The molecule has 28 heavy (non-hydrogen) atoms. The molecule has 1 amide bonds. The molecule has 0 bridgehead atoms. The van der Waals surface area contributed by atoms with E-state index in [1.54, 1.807) is 24.4 Å². The fraction of sp³-hybridized carbons (Fsp3) is 0.273. The van der Waals surface area contributed by atoms with Gasteiger partial charge in [-0.15, -0.1) is 0 Å². The van der Waals surface area contributed by atoms with Gasteiger partial charge in [-0.2, -0.15) is 0 Å². The van der Waals surface area contributed by atoms with Gasteiger partial charge in [-0.25, -0.2) is 0 Å². The SMILES string of the molecule is O=C(CCN1CCCC1)Nc1ccc(-c2c[nH]c(=O)c3cccc(O)c23)cc1. The normalized spacial score (nSPS) is 14.4. The van der Waals surface area contributed by atoms with Crippen molar-refractivity contribution in [2.24, 2.45) is 0 Å². The summed E-state index contributed by atoms with van der Waals surface area (Å²) >= 11 is 0. The van der Waals surface area contributed by atoms with Gasteiger partial charge in [-0.05, 0) is 55.8 Å². The van der Waals surface area contributed by atoms with E-state index in [1.165, 1.54) is 12.8 Å². The molecule has 0 spiro atoms. The average molecular weight is 377 g/mol. The Balaban J connectivity index is 1.51. The number of amides is 1. The van der Waals surface area contributed by atoms with Gasteiger partial charge in [0, 0.05) is 35.8 Å². The molecule has 4 rings (SSSR count). The first kappa shape index (κ1) is 18.3. The van der Waals surface area contributed by atoms with Crippen LogP contribution in [0.15, 0.2) is 53.5 Å². The smallest absolute Gasteiger partial charge is 0.255 e. The molecule has 1 aromatic heterocycles. The number of aromatic nitrogens is 1. The first-order valence-electron chi connectivity index (χ1n) is 9.58. The van der Waals surface area contributed by atoms with Crippen LogP contribution < -0.4 is 10.9 Å². The van der Waals surface area contributed by atoms with Crippen LogP contribution in [0.25, 0.3) is 21.9 Å². The Morgan fingerprint density at radius 2 is 1.86 bits per heavy atom. The number of aromatic hydroxyl groups is 1. The van der Waals surface area contributed by atoms with Crippen molar-refractivity contribution in [3.8, 4) is 16.9 Å². The zero-order valence-electron chi connectivity index (χ0n) is 15.6. The summed E-state index contributed by atoms with van der Waals surface area (Å²) in [4.78, 5) is 29.2. The minimum atomic E-state index is -0.239. The lowest BCUT2D eigenvalue weighted by Crippen LogP contribution is -2.25. The summed E-state index contributed by atoms with van der Waals surface area (Å²) in [5.74, 6) is 0.0738. The zero-order chi connectivity index (χ0) is 19.5. The van der Waals surface area contributed by atoms with Crippen molar-refractivity contribution in [2.45, 2.75) is 19.3 Å². The van der Waals surface area contributed by atoms with Gasteiger partial charge in [0.05, 0.1) is 5.39 Å². The zero-order valence-corrected chi connectivity index (χ0v) is 15.6. The number of carbonyl (C=O) groups excluding carboxylic acids is 1. The Bertz CT molecular complexity index is 1050. The molecule has 0 saturated carbocycles. The minimum Gasteiger partial charge on any atom is -0.507 e. The van der Waals surface area contributed by atoms with Crippen LogP contribution in [0.4, 0.5) is 5.69 Å². The summed E-state index contributed by atoms with van der Waals surface area (Å²) < 4.78 is 0. The van der Waals surface area contributed by atoms with Gasteiger partial charge in [0.2, 0.25) is 5.91 Å². The van der Waals surface area contributed by atoms with Gasteiger partial charge < -0.3 is 20.3 Å². The van der Waals surface area contributed by atoms with Crippen molar-refractivity contribution in [2.75, 3.05) is 25.0 Å². The van der Waals surface area contributed by atoms with Crippen molar-refractivity contribution < 1.29 is 9.90 Å². The predicted molar refractivity (Wildman–Crippen MR) is 111 cm³/mol. The van der Waals surface area contributed by atoms with Gasteiger partial charge >= 0.3 is 0 Å². The van der Waals surface area contributed by atoms with E-state index in [0.29, 0.717) is 17.2 Å². The van der Waals surface area contributed by atoms with Crippen LogP contribution in [0, 0.1) is 0 Å². The molecule has 6 heteroatoms. The van der Waals surface area contributed by atoms with E-state index in [0.717, 1.165) is 36.4 Å². The van der Waals surface area contributed by atoms with E-state index in [-0.39, 0.29) is 17.2 Å². The molecular formula is C22H23N3O3. The Kier molecular flexibility index (Phi) is 5.12. The molecule has 3 N–H and O–H groups in total. The molecule has 6 nitrogen and oxygen atoms in total. The number of benzene rings is 2. The second-order valence-electron chi connectivity index (χ2n) is 7.16. The number of phenolic OH excluding ortho intramolecular Hbond substituents is 1. The number of anilines is 1. The van der Waals surface area contributed by atoms with E-state index in [1.807, 2.05) is 24.3 Å². The van der Waals surface area contributed by atoms with E-state index in [2.05, 4.69) is 15.2 Å². The van der Waals surface area contributed by atoms with Gasteiger partial charge in [0.1, 0.15) is 5.75 Å². The number of nitrogens with one attached hydrogen (secondary N) is 2. The molecular weight excluding hydrogens is 354 g/mol. The highest BCUT2D eigenvalue weighted by Crippen LogP contribution is 2.32. The molecule has 0 unspecified atom stereocenters. The largest absolute Gasteiger partial charge is 0.507 e. The number of pyridine rings is 1. The molecule has 0 aliphatic carbocycles. The van der Waals surface area contributed by atoms with Crippen LogP contribution in [-0.2, 0) is 4.79 Å². The minimum absolute atomic E-state index is 0.00628. The van der Waals surface area contributed by atoms with Gasteiger partial charge in [-0.1, -0.05) is 18.2 Å². The molecule has 0 atom stereocenters. The van der Waals surface area contributed by atoms with Crippen molar-refractivity contribution in [1.82, 2.24) is 9.88 Å². The first-order chi connectivity index (χ1) is 13.6. The molecule has 0 radical (unpaired) electrons. The van der Waals surface area contributed by atoms with Crippen molar-refractivity contribution >= 4 is 22.4 Å². The number of fused-ring (bicyclic) bond motifs is 1. The van der Waals surface area contributed by atoms with Crippen LogP contribution in [0.2, 0.25) is 0 Å². The van der Waals surface area contributed by atoms with E-state index >= 15 is 0 Å². The average Bonchev–Trinajstić information content (AvgIpc) is 3.22. The maximum absolute atomic E-state index is 12.2. The van der Waals surface area contributed by atoms with Crippen LogP contribution in [0.5, 0.6) is 5.75 Å². The summed E-state index contributed by atoms with van der Waals surface area (Å²) in [6.45, 7) is 2.97. The summed E-state index contributed by atoms with van der Waals surface area (Å²) in [7, 11) is 0. The lowest BCUT2D eigenvalue weighted by Gasteiger charge is -2.14. The van der Waals surface area contributed by atoms with Crippen LogP contribution in [0.1, 0.15) is 19.3 Å². The van der Waals surface area contributed by atoms with Crippen molar-refractivity contribution in [3.05, 3.63) is 59.0 Å².